The number of carboxylic acid groups (broad SMARTS) is 1. The number of carboxylic acids is 1. The van der Waals surface area contributed by atoms with Gasteiger partial charge < -0.3 is 30.6 Å². The number of carbonyl (C=O) groups excluding carboxylic acids is 2. The third-order valence-corrected chi connectivity index (χ3v) is 9.04. The van der Waals surface area contributed by atoms with Gasteiger partial charge in [-0.1, -0.05) is 6.92 Å². The summed E-state index contributed by atoms with van der Waals surface area (Å²) in [4.78, 5) is 47.6. The molecule has 1 aromatic heterocycles. The summed E-state index contributed by atoms with van der Waals surface area (Å²) in [5.41, 5.74) is 6.10. The van der Waals surface area contributed by atoms with Crippen LogP contribution in [0.3, 0.4) is 0 Å². The van der Waals surface area contributed by atoms with Gasteiger partial charge in [-0.15, -0.1) is 23.1 Å². The van der Waals surface area contributed by atoms with Crippen LogP contribution in [-0.2, 0) is 9.59 Å². The molecule has 34 heavy (non-hydrogen) atoms. The van der Waals surface area contributed by atoms with Gasteiger partial charge in [0.15, 0.2) is 5.13 Å². The van der Waals surface area contributed by atoms with Gasteiger partial charge in [-0.25, -0.2) is 9.78 Å². The molecule has 4 rings (SSSR count). The number of aliphatic hydroxyl groups excluding tert-OH is 1. The first kappa shape index (κ1) is 25.0. The largest absolute Gasteiger partial charge is 0.477 e. The number of nitrogens with two attached hydrogens (primary N) is 1. The van der Waals surface area contributed by atoms with Crippen molar-refractivity contribution in [2.45, 2.75) is 51.1 Å². The number of nitrogens with zero attached hydrogens (tertiary/aromatic N) is 4. The van der Waals surface area contributed by atoms with Crippen molar-refractivity contribution in [2.75, 3.05) is 31.1 Å². The smallest absolute Gasteiger partial charge is 0.353 e. The van der Waals surface area contributed by atoms with Crippen LogP contribution < -0.4 is 10.6 Å². The van der Waals surface area contributed by atoms with Gasteiger partial charge in [0, 0.05) is 53.7 Å². The quantitative estimate of drug-likeness (QED) is 0.416. The molecular weight excluding hydrogens is 478 g/mol. The Labute approximate surface area is 206 Å². The molecule has 2 amide bonds. The number of fused-ring (bicyclic) bond motifs is 1. The van der Waals surface area contributed by atoms with Crippen molar-refractivity contribution in [3.63, 3.8) is 0 Å². The van der Waals surface area contributed by atoms with E-state index in [0.29, 0.717) is 36.8 Å². The Bertz CT molecular complexity index is 1020. The van der Waals surface area contributed by atoms with Gasteiger partial charge in [0.1, 0.15) is 11.4 Å². The van der Waals surface area contributed by atoms with E-state index in [1.54, 1.807) is 17.2 Å². The molecule has 4 N–H and O–H groups in total. The predicted molar refractivity (Wildman–Crippen MR) is 131 cm³/mol. The van der Waals surface area contributed by atoms with E-state index in [0.717, 1.165) is 5.13 Å². The Morgan fingerprint density at radius 2 is 2.03 bits per heavy atom. The lowest BCUT2D eigenvalue weighted by molar-refractivity contribution is -0.163. The van der Waals surface area contributed by atoms with Gasteiger partial charge in [0.2, 0.25) is 5.91 Å². The normalized spacial score (nSPS) is 25.4. The van der Waals surface area contributed by atoms with Crippen molar-refractivity contribution in [2.24, 2.45) is 17.6 Å². The van der Waals surface area contributed by atoms with Crippen LogP contribution in [0.2, 0.25) is 0 Å². The Morgan fingerprint density at radius 1 is 1.35 bits per heavy atom. The average molecular weight is 510 g/mol. The molecule has 1 aromatic rings. The number of carbonyl (C=O) groups is 3. The number of β-lactam (4-membered cyclic amide) rings is 1. The first-order valence-corrected chi connectivity index (χ1v) is 13.2. The summed E-state index contributed by atoms with van der Waals surface area (Å²) in [5, 5.41) is 22.5. The number of aliphatic carboxylic acids is 1. The Hall–Kier alpha value is -2.15. The fourth-order valence-corrected chi connectivity index (χ4v) is 7.25. The van der Waals surface area contributed by atoms with Crippen LogP contribution in [0, 0.1) is 11.8 Å². The molecule has 2 fully saturated rings. The van der Waals surface area contributed by atoms with Gasteiger partial charge in [0.25, 0.3) is 5.91 Å². The second-order valence-corrected chi connectivity index (χ2v) is 11.5. The minimum absolute atomic E-state index is 0.0300. The van der Waals surface area contributed by atoms with E-state index in [-0.39, 0.29) is 40.8 Å². The van der Waals surface area contributed by atoms with Crippen LogP contribution in [-0.4, -0.2) is 92.4 Å². The van der Waals surface area contributed by atoms with Gasteiger partial charge in [0.05, 0.1) is 18.1 Å². The van der Waals surface area contributed by atoms with Crippen LogP contribution in [0.5, 0.6) is 0 Å². The van der Waals surface area contributed by atoms with Crippen LogP contribution in [0.25, 0.3) is 0 Å². The third-order valence-electron chi connectivity index (χ3n) is 6.69. The summed E-state index contributed by atoms with van der Waals surface area (Å²) in [5.74, 6) is -2.26. The lowest BCUT2D eigenvalue weighted by atomic mass is 9.79. The zero-order valence-electron chi connectivity index (χ0n) is 19.7. The van der Waals surface area contributed by atoms with Gasteiger partial charge in [-0.05, 0) is 20.8 Å². The van der Waals surface area contributed by atoms with E-state index in [1.165, 1.54) is 28.0 Å². The molecule has 186 valence electrons. The number of aromatic nitrogens is 1. The third kappa shape index (κ3) is 4.10. The molecule has 3 aliphatic heterocycles. The summed E-state index contributed by atoms with van der Waals surface area (Å²) in [6.07, 6.45) is -0.812. The van der Waals surface area contributed by atoms with E-state index in [4.69, 9.17) is 5.73 Å². The zero-order chi connectivity index (χ0) is 24.9. The second kappa shape index (κ2) is 9.48. The van der Waals surface area contributed by atoms with Crippen molar-refractivity contribution in [3.05, 3.63) is 21.7 Å². The highest BCUT2D eigenvalue weighted by atomic mass is 32.2. The molecule has 4 heterocycles. The van der Waals surface area contributed by atoms with E-state index in [9.17, 15) is 24.6 Å². The Balaban J connectivity index is 1.41. The fraction of sp³-hybridized carbons (Fsp3) is 0.636. The molecule has 12 heteroatoms. The molecule has 0 saturated carbocycles. The maximum absolute atomic E-state index is 12.8. The SMILES string of the molecule is CC(C)N(CCN)C(=O)c1csc(N2CC(SC3=C(C(=O)O)N4C(=O)[C@H]([C@@H](C)O)[C@H]4[C@H]3C)C2)n1. The summed E-state index contributed by atoms with van der Waals surface area (Å²) in [6.45, 7) is 9.60. The molecule has 0 aromatic carbocycles. The molecule has 0 bridgehead atoms. The van der Waals surface area contributed by atoms with Crippen molar-refractivity contribution >= 4 is 46.0 Å². The maximum atomic E-state index is 12.8. The molecule has 4 atom stereocenters. The van der Waals surface area contributed by atoms with Crippen molar-refractivity contribution in [3.8, 4) is 0 Å². The van der Waals surface area contributed by atoms with Gasteiger partial charge in [-0.3, -0.25) is 9.59 Å². The minimum Gasteiger partial charge on any atom is -0.477 e. The van der Waals surface area contributed by atoms with E-state index >= 15 is 0 Å². The van der Waals surface area contributed by atoms with Crippen molar-refractivity contribution < 1.29 is 24.6 Å². The molecule has 10 nitrogen and oxygen atoms in total. The highest BCUT2D eigenvalue weighted by molar-refractivity contribution is 8.03. The number of anilines is 1. The molecule has 0 spiro atoms. The molecule has 2 saturated heterocycles. The van der Waals surface area contributed by atoms with Crippen LogP contribution in [0.15, 0.2) is 16.0 Å². The van der Waals surface area contributed by atoms with E-state index in [1.807, 2.05) is 20.8 Å². The topological polar surface area (TPSA) is 140 Å². The minimum atomic E-state index is -1.11. The zero-order valence-corrected chi connectivity index (χ0v) is 21.3. The first-order valence-electron chi connectivity index (χ1n) is 11.4. The highest BCUT2D eigenvalue weighted by Crippen LogP contribution is 2.52. The maximum Gasteiger partial charge on any atom is 0.353 e. The van der Waals surface area contributed by atoms with Gasteiger partial charge >= 0.3 is 5.97 Å². The molecule has 3 aliphatic rings. The monoisotopic (exact) mass is 509 g/mol. The number of amides is 2. The Morgan fingerprint density at radius 3 is 2.59 bits per heavy atom. The summed E-state index contributed by atoms with van der Waals surface area (Å²) in [6, 6.07) is -0.273. The highest BCUT2D eigenvalue weighted by Gasteiger charge is 2.60. The van der Waals surface area contributed by atoms with E-state index < -0.39 is 18.0 Å². The standard InChI is InChI=1S/C22H31N5O5S2/c1-10(2)26(6-5-23)19(29)14-9-33-22(24-14)25-7-13(8-25)34-18-11(3)16-15(12(4)28)20(30)27(16)17(18)21(31)32/h9-13,15-16,28H,5-8,23H2,1-4H3,(H,31,32)/t11-,12-,15-,16-/m1/s1. The number of rotatable bonds is 9. The first-order chi connectivity index (χ1) is 16.1. The van der Waals surface area contributed by atoms with Crippen LogP contribution >= 0.6 is 23.1 Å². The summed E-state index contributed by atoms with van der Waals surface area (Å²) < 4.78 is 0. The molecular formula is C22H31N5O5S2. The number of thiazole rings is 1. The lowest BCUT2D eigenvalue weighted by Crippen LogP contribution is -2.63. The number of aliphatic hydroxyl groups is 1. The Kier molecular flexibility index (Phi) is 6.96. The van der Waals surface area contributed by atoms with Crippen LogP contribution in [0.1, 0.15) is 38.2 Å². The van der Waals surface area contributed by atoms with Crippen molar-refractivity contribution in [1.82, 2.24) is 14.8 Å². The second-order valence-electron chi connectivity index (χ2n) is 9.31. The fourth-order valence-electron chi connectivity index (χ4n) is 4.92. The number of thioether (sulfide) groups is 1. The van der Waals surface area contributed by atoms with E-state index in [2.05, 4.69) is 9.88 Å². The average Bonchev–Trinajstić information content (AvgIpc) is 3.29. The number of hydrogen-bond acceptors (Lipinski definition) is 9. The van der Waals surface area contributed by atoms with Crippen LogP contribution in [0.4, 0.5) is 5.13 Å². The number of hydrogen-bond donors (Lipinski definition) is 3. The molecule has 0 unspecified atom stereocenters. The predicted octanol–water partition coefficient (Wildman–Crippen LogP) is 1.03. The summed E-state index contributed by atoms with van der Waals surface area (Å²) >= 11 is 2.91. The molecule has 0 radical (unpaired) electrons. The summed E-state index contributed by atoms with van der Waals surface area (Å²) in [7, 11) is 0. The van der Waals surface area contributed by atoms with Crippen molar-refractivity contribution in [1.29, 1.82) is 0 Å². The van der Waals surface area contributed by atoms with Gasteiger partial charge in [-0.2, -0.15) is 0 Å². The lowest BCUT2D eigenvalue weighted by Gasteiger charge is -2.46. The molecule has 0 aliphatic carbocycles.